The lowest BCUT2D eigenvalue weighted by Crippen LogP contribution is -2.02. The molecule has 2 heterocycles. The molecule has 0 saturated heterocycles. The van der Waals surface area contributed by atoms with E-state index in [4.69, 9.17) is 11.6 Å². The van der Waals surface area contributed by atoms with Crippen LogP contribution in [0.3, 0.4) is 0 Å². The lowest BCUT2D eigenvalue weighted by Gasteiger charge is -2.02. The third-order valence-electron chi connectivity index (χ3n) is 2.28. The van der Waals surface area contributed by atoms with E-state index in [9.17, 15) is 0 Å². The van der Waals surface area contributed by atoms with Crippen LogP contribution in [-0.2, 0) is 19.0 Å². The minimum atomic E-state index is 0.439. The van der Waals surface area contributed by atoms with Gasteiger partial charge in [0.15, 0.2) is 0 Å². The van der Waals surface area contributed by atoms with Gasteiger partial charge < -0.3 is 4.57 Å². The van der Waals surface area contributed by atoms with Gasteiger partial charge in [-0.25, -0.2) is 4.98 Å². The van der Waals surface area contributed by atoms with Crippen LogP contribution >= 0.6 is 11.6 Å². The molecule has 2 aromatic rings. The van der Waals surface area contributed by atoms with Crippen LogP contribution in [0.2, 0.25) is 0 Å². The van der Waals surface area contributed by atoms with Crippen LogP contribution in [-0.4, -0.2) is 19.3 Å². The predicted molar refractivity (Wildman–Crippen MR) is 58.8 cm³/mol. The topological polar surface area (TPSA) is 35.6 Å². The van der Waals surface area contributed by atoms with Gasteiger partial charge in [0.2, 0.25) is 0 Å². The third-order valence-corrected chi connectivity index (χ3v) is 2.52. The molecule has 2 rings (SSSR count). The van der Waals surface area contributed by atoms with Crippen molar-refractivity contribution in [2.75, 3.05) is 0 Å². The summed E-state index contributed by atoms with van der Waals surface area (Å²) < 4.78 is 3.94. The fraction of sp³-hybridized carbons (Fsp3) is 0.400. The summed E-state index contributed by atoms with van der Waals surface area (Å²) in [7, 11) is 0. The Morgan fingerprint density at radius 2 is 2.33 bits per heavy atom. The van der Waals surface area contributed by atoms with Crippen LogP contribution in [0, 0.1) is 0 Å². The molecule has 2 aromatic heterocycles. The normalized spacial score (nSPS) is 10.8. The standard InChI is InChI=1S/C10H13ClN4/c1-2-15-8-9(6-13-15)7-14-4-3-12-10(14)5-11/h3-4,6,8H,2,5,7H2,1H3. The van der Waals surface area contributed by atoms with E-state index in [2.05, 4.69) is 17.0 Å². The Balaban J connectivity index is 2.14. The Morgan fingerprint density at radius 1 is 1.47 bits per heavy atom. The number of alkyl halides is 1. The fourth-order valence-electron chi connectivity index (χ4n) is 1.47. The number of hydrogen-bond donors (Lipinski definition) is 0. The summed E-state index contributed by atoms with van der Waals surface area (Å²) in [6, 6.07) is 0. The molecule has 0 spiro atoms. The van der Waals surface area contributed by atoms with E-state index < -0.39 is 0 Å². The zero-order valence-electron chi connectivity index (χ0n) is 8.60. The number of aromatic nitrogens is 4. The number of hydrogen-bond acceptors (Lipinski definition) is 2. The highest BCUT2D eigenvalue weighted by atomic mass is 35.5. The molecule has 80 valence electrons. The first-order valence-electron chi connectivity index (χ1n) is 4.90. The van der Waals surface area contributed by atoms with Crippen LogP contribution in [0.1, 0.15) is 18.3 Å². The maximum absolute atomic E-state index is 5.77. The summed E-state index contributed by atoms with van der Waals surface area (Å²) >= 11 is 5.77. The Bertz CT molecular complexity index is 432. The lowest BCUT2D eigenvalue weighted by atomic mass is 10.3. The molecule has 15 heavy (non-hydrogen) atoms. The average molecular weight is 225 g/mol. The van der Waals surface area contributed by atoms with E-state index in [0.29, 0.717) is 5.88 Å². The molecule has 0 bridgehead atoms. The monoisotopic (exact) mass is 224 g/mol. The first-order valence-corrected chi connectivity index (χ1v) is 5.44. The van der Waals surface area contributed by atoms with Gasteiger partial charge in [0.25, 0.3) is 0 Å². The molecule has 4 nitrogen and oxygen atoms in total. The first kappa shape index (κ1) is 10.2. The zero-order valence-corrected chi connectivity index (χ0v) is 9.35. The summed E-state index contributed by atoms with van der Waals surface area (Å²) in [6.45, 7) is 3.74. The summed E-state index contributed by atoms with van der Waals surface area (Å²) in [4.78, 5) is 4.16. The van der Waals surface area contributed by atoms with Gasteiger partial charge in [-0.15, -0.1) is 11.6 Å². The van der Waals surface area contributed by atoms with Gasteiger partial charge in [0, 0.05) is 30.7 Å². The van der Waals surface area contributed by atoms with Crippen molar-refractivity contribution < 1.29 is 0 Å². The van der Waals surface area contributed by atoms with Crippen LogP contribution in [0.15, 0.2) is 24.8 Å². The van der Waals surface area contributed by atoms with Crippen LogP contribution in [0.25, 0.3) is 0 Å². The number of imidazole rings is 1. The van der Waals surface area contributed by atoms with Crippen molar-refractivity contribution in [3.8, 4) is 0 Å². The van der Waals surface area contributed by atoms with Crippen molar-refractivity contribution in [2.24, 2.45) is 0 Å². The Morgan fingerprint density at radius 3 is 3.00 bits per heavy atom. The van der Waals surface area contributed by atoms with Gasteiger partial charge in [0.1, 0.15) is 5.82 Å². The van der Waals surface area contributed by atoms with E-state index in [-0.39, 0.29) is 0 Å². The number of halogens is 1. The molecule has 0 unspecified atom stereocenters. The van der Waals surface area contributed by atoms with E-state index in [1.165, 1.54) is 5.56 Å². The molecule has 0 aliphatic carbocycles. The third kappa shape index (κ3) is 2.21. The van der Waals surface area contributed by atoms with Gasteiger partial charge in [-0.1, -0.05) is 0 Å². The molecule has 0 fully saturated rings. The quantitative estimate of drug-likeness (QED) is 0.744. The molecular formula is C10H13ClN4. The highest BCUT2D eigenvalue weighted by Crippen LogP contribution is 2.06. The number of aryl methyl sites for hydroxylation is 1. The van der Waals surface area contributed by atoms with Crippen molar-refractivity contribution in [1.29, 1.82) is 0 Å². The summed E-state index contributed by atoms with van der Waals surface area (Å²) in [5.74, 6) is 1.33. The van der Waals surface area contributed by atoms with Crippen LogP contribution < -0.4 is 0 Å². The maximum atomic E-state index is 5.77. The fourth-order valence-corrected chi connectivity index (χ4v) is 1.70. The molecule has 0 saturated carbocycles. The summed E-state index contributed by atoms with van der Waals surface area (Å²) in [5.41, 5.74) is 1.17. The maximum Gasteiger partial charge on any atom is 0.123 e. The van der Waals surface area contributed by atoms with Gasteiger partial charge in [-0.2, -0.15) is 5.10 Å². The highest BCUT2D eigenvalue weighted by Gasteiger charge is 2.03. The molecule has 5 heteroatoms. The summed E-state index contributed by atoms with van der Waals surface area (Å²) in [5, 5.41) is 4.22. The number of nitrogens with zero attached hydrogens (tertiary/aromatic N) is 4. The van der Waals surface area contributed by atoms with Crippen molar-refractivity contribution in [1.82, 2.24) is 19.3 Å². The number of rotatable bonds is 4. The van der Waals surface area contributed by atoms with Crippen molar-refractivity contribution in [2.45, 2.75) is 25.9 Å². The summed E-state index contributed by atoms with van der Waals surface area (Å²) in [6.07, 6.45) is 7.61. The van der Waals surface area contributed by atoms with Crippen molar-refractivity contribution >= 4 is 11.6 Å². The van der Waals surface area contributed by atoms with Crippen molar-refractivity contribution in [3.63, 3.8) is 0 Å². The molecule has 0 aliphatic rings. The molecule has 0 atom stereocenters. The van der Waals surface area contributed by atoms with Crippen molar-refractivity contribution in [3.05, 3.63) is 36.2 Å². The second-order valence-corrected chi connectivity index (χ2v) is 3.58. The van der Waals surface area contributed by atoms with E-state index in [1.54, 1.807) is 6.20 Å². The molecule has 0 N–H and O–H groups in total. The SMILES string of the molecule is CCn1cc(Cn2ccnc2CCl)cn1. The van der Waals surface area contributed by atoms with Gasteiger partial charge in [-0.05, 0) is 6.92 Å². The van der Waals surface area contributed by atoms with E-state index in [0.717, 1.165) is 18.9 Å². The Kier molecular flexibility index (Phi) is 3.06. The molecule has 0 aliphatic heterocycles. The van der Waals surface area contributed by atoms with E-state index in [1.807, 2.05) is 27.8 Å². The second-order valence-electron chi connectivity index (χ2n) is 3.31. The average Bonchev–Trinajstić information content (AvgIpc) is 2.87. The highest BCUT2D eigenvalue weighted by molar-refractivity contribution is 6.16. The van der Waals surface area contributed by atoms with Crippen LogP contribution in [0.5, 0.6) is 0 Å². The van der Waals surface area contributed by atoms with Gasteiger partial charge in [0.05, 0.1) is 18.6 Å². The molecule has 0 aromatic carbocycles. The smallest absolute Gasteiger partial charge is 0.123 e. The first-order chi connectivity index (χ1) is 7.33. The molecule has 0 amide bonds. The Labute approximate surface area is 93.5 Å². The Hall–Kier alpha value is -1.29. The largest absolute Gasteiger partial charge is 0.329 e. The lowest BCUT2D eigenvalue weighted by molar-refractivity contribution is 0.658. The van der Waals surface area contributed by atoms with E-state index >= 15 is 0 Å². The predicted octanol–water partition coefficient (Wildman–Crippen LogP) is 1.89. The zero-order chi connectivity index (χ0) is 10.7. The van der Waals surface area contributed by atoms with Gasteiger partial charge >= 0.3 is 0 Å². The van der Waals surface area contributed by atoms with Gasteiger partial charge in [-0.3, -0.25) is 4.68 Å². The molecule has 0 radical (unpaired) electrons. The van der Waals surface area contributed by atoms with Crippen LogP contribution in [0.4, 0.5) is 0 Å². The molecular weight excluding hydrogens is 212 g/mol. The second kappa shape index (κ2) is 4.49. The minimum absolute atomic E-state index is 0.439. The minimum Gasteiger partial charge on any atom is -0.329 e.